The van der Waals surface area contributed by atoms with Crippen LogP contribution < -0.4 is 4.52 Å². The third-order valence-electron chi connectivity index (χ3n) is 1.61. The van der Waals surface area contributed by atoms with Crippen molar-refractivity contribution in [2.75, 3.05) is 6.61 Å². The predicted molar refractivity (Wildman–Crippen MR) is 50.4 cm³/mol. The molecule has 0 radical (unpaired) electrons. The smallest absolute Gasteiger partial charge is 0.215 e. The van der Waals surface area contributed by atoms with Crippen molar-refractivity contribution in [1.82, 2.24) is 0 Å². The molecular formula is C9H9O2P. The fraction of sp³-hybridized carbons (Fsp3) is 0.111. The summed E-state index contributed by atoms with van der Waals surface area (Å²) in [5.74, 6) is 0.895. The van der Waals surface area contributed by atoms with Crippen molar-refractivity contribution in [3.63, 3.8) is 0 Å². The number of benzene rings is 1. The van der Waals surface area contributed by atoms with E-state index >= 15 is 0 Å². The minimum atomic E-state index is 0.106. The highest BCUT2D eigenvalue weighted by molar-refractivity contribution is 7.26. The zero-order valence-corrected chi connectivity index (χ0v) is 7.49. The summed E-state index contributed by atoms with van der Waals surface area (Å²) >= 11 is 0. The van der Waals surface area contributed by atoms with Crippen LogP contribution in [0.5, 0.6) is 5.75 Å². The molecule has 1 heterocycles. The summed E-state index contributed by atoms with van der Waals surface area (Å²) < 4.78 is 10.5. The van der Waals surface area contributed by atoms with Gasteiger partial charge in [-0.3, -0.25) is 0 Å². The Labute approximate surface area is 73.1 Å². The van der Waals surface area contributed by atoms with E-state index in [2.05, 4.69) is 0 Å². The molecule has 1 aromatic carbocycles. The topological polar surface area (TPSA) is 18.5 Å². The predicted octanol–water partition coefficient (Wildman–Crippen LogP) is 2.62. The summed E-state index contributed by atoms with van der Waals surface area (Å²) in [4.78, 5) is 0. The van der Waals surface area contributed by atoms with Crippen LogP contribution in [0.15, 0.2) is 30.3 Å². The summed E-state index contributed by atoms with van der Waals surface area (Å²) in [7, 11) is 0.106. The molecular weight excluding hydrogens is 171 g/mol. The summed E-state index contributed by atoms with van der Waals surface area (Å²) in [5, 5.41) is 0. The zero-order valence-electron chi connectivity index (χ0n) is 6.49. The molecule has 1 aromatic rings. The van der Waals surface area contributed by atoms with Gasteiger partial charge in [-0.15, -0.1) is 0 Å². The van der Waals surface area contributed by atoms with E-state index in [0.29, 0.717) is 6.61 Å². The van der Waals surface area contributed by atoms with Gasteiger partial charge in [-0.1, -0.05) is 30.4 Å². The maximum atomic E-state index is 5.38. The van der Waals surface area contributed by atoms with Crippen molar-refractivity contribution in [1.29, 1.82) is 0 Å². The Morgan fingerprint density at radius 1 is 1.25 bits per heavy atom. The van der Waals surface area contributed by atoms with Crippen LogP contribution in [0.1, 0.15) is 5.56 Å². The van der Waals surface area contributed by atoms with E-state index in [9.17, 15) is 0 Å². The zero-order chi connectivity index (χ0) is 8.23. The summed E-state index contributed by atoms with van der Waals surface area (Å²) in [5.41, 5.74) is 1.12. The second-order valence-corrected chi connectivity index (χ2v) is 3.10. The Balaban J connectivity index is 2.36. The molecule has 0 N–H and O–H groups in total. The highest BCUT2D eigenvalue weighted by Gasteiger charge is 2.01. The van der Waals surface area contributed by atoms with Gasteiger partial charge in [0.25, 0.3) is 0 Å². The number of para-hydroxylation sites is 1. The van der Waals surface area contributed by atoms with Gasteiger partial charge in [0.1, 0.15) is 5.75 Å². The second-order valence-electron chi connectivity index (χ2n) is 2.44. The van der Waals surface area contributed by atoms with Crippen molar-refractivity contribution >= 4 is 15.1 Å². The third kappa shape index (κ3) is 1.66. The first-order valence-electron chi connectivity index (χ1n) is 3.76. The lowest BCUT2D eigenvalue weighted by Crippen LogP contribution is -1.89. The number of hydrogen-bond acceptors (Lipinski definition) is 2. The average molecular weight is 180 g/mol. The first kappa shape index (κ1) is 7.78. The molecule has 0 spiro atoms. The van der Waals surface area contributed by atoms with Gasteiger partial charge in [0, 0.05) is 5.56 Å². The fourth-order valence-corrected chi connectivity index (χ4v) is 1.54. The molecule has 0 amide bonds. The normalized spacial score (nSPS) is 17.7. The highest BCUT2D eigenvalue weighted by atomic mass is 31.1. The Morgan fingerprint density at radius 2 is 2.17 bits per heavy atom. The molecule has 1 aliphatic heterocycles. The number of fused-ring (bicyclic) bond motifs is 1. The largest absolute Gasteiger partial charge is 0.449 e. The van der Waals surface area contributed by atoms with Crippen molar-refractivity contribution in [2.45, 2.75) is 0 Å². The van der Waals surface area contributed by atoms with Crippen LogP contribution in [-0.2, 0) is 4.52 Å². The van der Waals surface area contributed by atoms with Crippen LogP contribution in [0.3, 0.4) is 0 Å². The molecule has 0 aromatic heterocycles. The van der Waals surface area contributed by atoms with Gasteiger partial charge >= 0.3 is 0 Å². The molecule has 0 aliphatic carbocycles. The Kier molecular flexibility index (Phi) is 2.40. The van der Waals surface area contributed by atoms with Crippen molar-refractivity contribution in [2.24, 2.45) is 0 Å². The highest BCUT2D eigenvalue weighted by Crippen LogP contribution is 2.28. The molecule has 0 saturated carbocycles. The molecule has 1 unspecified atom stereocenters. The lowest BCUT2D eigenvalue weighted by molar-refractivity contribution is 0.370. The van der Waals surface area contributed by atoms with Crippen molar-refractivity contribution in [3.8, 4) is 5.75 Å². The number of rotatable bonds is 0. The van der Waals surface area contributed by atoms with E-state index in [1.807, 2.05) is 36.4 Å². The first-order valence-corrected chi connectivity index (χ1v) is 4.58. The molecule has 62 valence electrons. The van der Waals surface area contributed by atoms with Crippen LogP contribution in [0.25, 0.3) is 6.08 Å². The summed E-state index contributed by atoms with van der Waals surface area (Å²) in [6, 6.07) is 7.93. The van der Waals surface area contributed by atoms with E-state index in [-0.39, 0.29) is 9.03 Å². The molecule has 0 bridgehead atoms. The van der Waals surface area contributed by atoms with Crippen molar-refractivity contribution in [3.05, 3.63) is 35.9 Å². The van der Waals surface area contributed by atoms with E-state index in [1.165, 1.54) is 0 Å². The Hall–Kier alpha value is -0.850. The molecule has 1 atom stereocenters. The van der Waals surface area contributed by atoms with Crippen LogP contribution in [0.2, 0.25) is 0 Å². The van der Waals surface area contributed by atoms with Gasteiger partial charge in [-0.2, -0.15) is 0 Å². The second kappa shape index (κ2) is 3.70. The SMILES string of the molecule is C1=Cc2ccccc2OPOC1. The molecule has 1 aliphatic rings. The van der Waals surface area contributed by atoms with E-state index < -0.39 is 0 Å². The van der Waals surface area contributed by atoms with Gasteiger partial charge in [0.2, 0.25) is 9.03 Å². The number of hydrogen-bond donors (Lipinski definition) is 0. The first-order chi connectivity index (χ1) is 5.97. The maximum Gasteiger partial charge on any atom is 0.215 e. The Morgan fingerprint density at radius 3 is 3.17 bits per heavy atom. The molecule has 12 heavy (non-hydrogen) atoms. The molecule has 3 heteroatoms. The lowest BCUT2D eigenvalue weighted by Gasteiger charge is -2.10. The molecule has 2 nitrogen and oxygen atoms in total. The van der Waals surface area contributed by atoms with Gasteiger partial charge in [-0.05, 0) is 6.07 Å². The molecule has 0 saturated heterocycles. The van der Waals surface area contributed by atoms with Crippen LogP contribution in [0, 0.1) is 0 Å². The lowest BCUT2D eigenvalue weighted by atomic mass is 10.2. The molecule has 0 fully saturated rings. The standard InChI is InChI=1S/C9H9O2P/c1-2-6-9-8(4-1)5-3-7-10-12-11-9/h1-6,12H,7H2. The van der Waals surface area contributed by atoms with Crippen molar-refractivity contribution < 1.29 is 9.05 Å². The fourth-order valence-electron chi connectivity index (χ4n) is 1.04. The van der Waals surface area contributed by atoms with E-state index in [0.717, 1.165) is 11.3 Å². The van der Waals surface area contributed by atoms with Gasteiger partial charge < -0.3 is 9.05 Å². The summed E-state index contributed by atoms with van der Waals surface area (Å²) in [6.07, 6.45) is 4.01. The maximum absolute atomic E-state index is 5.38. The van der Waals surface area contributed by atoms with E-state index in [4.69, 9.17) is 9.05 Å². The van der Waals surface area contributed by atoms with E-state index in [1.54, 1.807) is 0 Å². The van der Waals surface area contributed by atoms with Crippen LogP contribution in [-0.4, -0.2) is 6.61 Å². The monoisotopic (exact) mass is 180 g/mol. The van der Waals surface area contributed by atoms with Crippen LogP contribution in [0.4, 0.5) is 0 Å². The minimum Gasteiger partial charge on any atom is -0.449 e. The molecule has 2 rings (SSSR count). The third-order valence-corrected chi connectivity index (χ3v) is 2.19. The Bertz CT molecular complexity index is 296. The van der Waals surface area contributed by atoms with Crippen LogP contribution >= 0.6 is 9.03 Å². The van der Waals surface area contributed by atoms with Gasteiger partial charge in [0.05, 0.1) is 6.61 Å². The van der Waals surface area contributed by atoms with Gasteiger partial charge in [0.15, 0.2) is 0 Å². The average Bonchev–Trinajstić information content (AvgIpc) is 2.06. The van der Waals surface area contributed by atoms with Gasteiger partial charge in [-0.25, -0.2) is 0 Å². The summed E-state index contributed by atoms with van der Waals surface area (Å²) in [6.45, 7) is 0.632. The quantitative estimate of drug-likeness (QED) is 0.571. The minimum absolute atomic E-state index is 0.106.